The number of para-hydroxylation sites is 1. The first-order valence-electron chi connectivity index (χ1n) is 6.03. The van der Waals surface area contributed by atoms with Crippen molar-refractivity contribution in [3.05, 3.63) is 29.8 Å². The Labute approximate surface area is 101 Å². The van der Waals surface area contributed by atoms with Crippen LogP contribution in [0.1, 0.15) is 5.56 Å². The monoisotopic (exact) mass is 234 g/mol. The van der Waals surface area contributed by atoms with E-state index in [1.807, 2.05) is 24.3 Å². The number of nitrogens with two attached hydrogens (primary N) is 1. The molecule has 1 unspecified atom stereocenters. The van der Waals surface area contributed by atoms with Crippen LogP contribution in [0.5, 0.6) is 5.75 Å². The summed E-state index contributed by atoms with van der Waals surface area (Å²) in [4.78, 5) is 0. The highest BCUT2D eigenvalue weighted by molar-refractivity contribution is 5.37. The smallest absolute Gasteiger partial charge is 0.122 e. The van der Waals surface area contributed by atoms with Crippen molar-refractivity contribution in [2.45, 2.75) is 12.0 Å². The molecule has 0 aliphatic carbocycles. The number of benzene rings is 1. The summed E-state index contributed by atoms with van der Waals surface area (Å²) in [6, 6.07) is 7.99. The third-order valence-electron chi connectivity index (χ3n) is 4.22. The summed E-state index contributed by atoms with van der Waals surface area (Å²) in [5.74, 6) is 0.924. The van der Waals surface area contributed by atoms with E-state index in [1.54, 1.807) is 0 Å². The van der Waals surface area contributed by atoms with Gasteiger partial charge >= 0.3 is 0 Å². The van der Waals surface area contributed by atoms with E-state index in [0.717, 1.165) is 17.7 Å². The molecular weight excluding hydrogens is 216 g/mol. The van der Waals surface area contributed by atoms with E-state index in [1.165, 1.54) is 0 Å². The molecule has 3 rings (SSSR count). The van der Waals surface area contributed by atoms with Gasteiger partial charge < -0.3 is 20.9 Å². The molecule has 4 heteroatoms. The molecule has 1 aromatic rings. The SMILES string of the molecule is NCC1(C2(O)CNC2)COc2ccccc2C1. The van der Waals surface area contributed by atoms with Crippen LogP contribution in [-0.2, 0) is 6.42 Å². The largest absolute Gasteiger partial charge is 0.493 e. The van der Waals surface area contributed by atoms with Crippen LogP contribution >= 0.6 is 0 Å². The maximum absolute atomic E-state index is 10.6. The maximum Gasteiger partial charge on any atom is 0.122 e. The second-order valence-electron chi connectivity index (χ2n) is 5.19. The molecule has 0 aromatic heterocycles. The van der Waals surface area contributed by atoms with Crippen molar-refractivity contribution in [2.24, 2.45) is 11.1 Å². The first-order chi connectivity index (χ1) is 8.19. The average molecular weight is 234 g/mol. The number of ether oxygens (including phenoxy) is 1. The van der Waals surface area contributed by atoms with Gasteiger partial charge in [-0.25, -0.2) is 0 Å². The topological polar surface area (TPSA) is 67.5 Å². The summed E-state index contributed by atoms with van der Waals surface area (Å²) in [5, 5.41) is 13.7. The summed E-state index contributed by atoms with van der Waals surface area (Å²) in [5.41, 5.74) is 5.98. The van der Waals surface area contributed by atoms with Crippen molar-refractivity contribution in [3.8, 4) is 5.75 Å². The van der Waals surface area contributed by atoms with Crippen LogP contribution in [0.15, 0.2) is 24.3 Å². The molecule has 0 radical (unpaired) electrons. The van der Waals surface area contributed by atoms with Gasteiger partial charge in [0.25, 0.3) is 0 Å². The summed E-state index contributed by atoms with van der Waals surface area (Å²) in [6.07, 6.45) is 0.790. The maximum atomic E-state index is 10.6. The Balaban J connectivity index is 1.95. The van der Waals surface area contributed by atoms with E-state index in [-0.39, 0.29) is 5.41 Å². The summed E-state index contributed by atoms with van der Waals surface area (Å²) in [7, 11) is 0. The van der Waals surface area contributed by atoms with Gasteiger partial charge in [0.2, 0.25) is 0 Å². The van der Waals surface area contributed by atoms with Gasteiger partial charge in [0.15, 0.2) is 0 Å². The van der Waals surface area contributed by atoms with Gasteiger partial charge in [0.1, 0.15) is 5.75 Å². The van der Waals surface area contributed by atoms with Crippen LogP contribution in [0, 0.1) is 5.41 Å². The second kappa shape index (κ2) is 3.70. The highest BCUT2D eigenvalue weighted by Gasteiger charge is 2.55. The van der Waals surface area contributed by atoms with Crippen molar-refractivity contribution in [2.75, 3.05) is 26.2 Å². The van der Waals surface area contributed by atoms with E-state index < -0.39 is 5.60 Å². The molecule has 1 aromatic carbocycles. The number of hydrogen-bond acceptors (Lipinski definition) is 4. The molecular formula is C13H18N2O2. The van der Waals surface area contributed by atoms with Crippen molar-refractivity contribution >= 4 is 0 Å². The Hall–Kier alpha value is -1.10. The first kappa shape index (κ1) is 11.0. The molecule has 2 heterocycles. The lowest BCUT2D eigenvalue weighted by Gasteiger charge is -2.53. The van der Waals surface area contributed by atoms with Gasteiger partial charge in [-0.1, -0.05) is 18.2 Å². The van der Waals surface area contributed by atoms with Crippen molar-refractivity contribution in [3.63, 3.8) is 0 Å². The number of nitrogens with one attached hydrogen (secondary N) is 1. The highest BCUT2D eigenvalue weighted by atomic mass is 16.5. The van der Waals surface area contributed by atoms with Gasteiger partial charge in [-0.15, -0.1) is 0 Å². The van der Waals surface area contributed by atoms with Crippen LogP contribution in [0.2, 0.25) is 0 Å². The number of β-amino-alcohol motifs (C(OH)–C–C–N with tert-alkyl or cyclic N) is 1. The highest BCUT2D eigenvalue weighted by Crippen LogP contribution is 2.42. The summed E-state index contributed by atoms with van der Waals surface area (Å²) >= 11 is 0. The Kier molecular flexibility index (Phi) is 2.40. The van der Waals surface area contributed by atoms with E-state index in [0.29, 0.717) is 26.2 Å². The zero-order valence-corrected chi connectivity index (χ0v) is 9.78. The molecule has 1 saturated heterocycles. The van der Waals surface area contributed by atoms with E-state index >= 15 is 0 Å². The number of fused-ring (bicyclic) bond motifs is 1. The predicted molar refractivity (Wildman–Crippen MR) is 64.9 cm³/mol. The molecule has 1 fully saturated rings. The van der Waals surface area contributed by atoms with Crippen molar-refractivity contribution in [1.82, 2.24) is 5.32 Å². The minimum Gasteiger partial charge on any atom is -0.493 e. The van der Waals surface area contributed by atoms with Gasteiger partial charge in [-0.05, 0) is 18.1 Å². The zero-order chi connectivity index (χ0) is 11.9. The third kappa shape index (κ3) is 1.48. The average Bonchev–Trinajstić information content (AvgIpc) is 2.35. The molecule has 4 N–H and O–H groups in total. The lowest BCUT2D eigenvalue weighted by molar-refractivity contribution is -0.137. The van der Waals surface area contributed by atoms with Crippen molar-refractivity contribution < 1.29 is 9.84 Å². The summed E-state index contributed by atoms with van der Waals surface area (Å²) in [6.45, 7) is 2.16. The third-order valence-corrected chi connectivity index (χ3v) is 4.22. The Morgan fingerprint density at radius 2 is 2.12 bits per heavy atom. The molecule has 0 bridgehead atoms. The molecule has 2 aliphatic rings. The number of aliphatic hydroxyl groups is 1. The minimum atomic E-state index is -0.727. The predicted octanol–water partition coefficient (Wildman–Crippen LogP) is -0.0991. The number of rotatable bonds is 2. The first-order valence-corrected chi connectivity index (χ1v) is 6.03. The van der Waals surface area contributed by atoms with Crippen LogP contribution in [0.25, 0.3) is 0 Å². The molecule has 0 spiro atoms. The van der Waals surface area contributed by atoms with Gasteiger partial charge in [-0.2, -0.15) is 0 Å². The Morgan fingerprint density at radius 3 is 2.76 bits per heavy atom. The van der Waals surface area contributed by atoms with Crippen molar-refractivity contribution in [1.29, 1.82) is 0 Å². The Bertz CT molecular complexity index is 431. The van der Waals surface area contributed by atoms with Crippen LogP contribution in [0.4, 0.5) is 0 Å². The van der Waals surface area contributed by atoms with Gasteiger partial charge in [-0.3, -0.25) is 0 Å². The molecule has 0 amide bonds. The van der Waals surface area contributed by atoms with Crippen LogP contribution in [0.3, 0.4) is 0 Å². The van der Waals surface area contributed by atoms with E-state index in [2.05, 4.69) is 5.32 Å². The van der Waals surface area contributed by atoms with Gasteiger partial charge in [0.05, 0.1) is 17.6 Å². The minimum absolute atomic E-state index is 0.355. The van der Waals surface area contributed by atoms with Crippen LogP contribution in [-0.4, -0.2) is 36.9 Å². The molecule has 1 atom stereocenters. The lowest BCUT2D eigenvalue weighted by Crippen LogP contribution is -2.73. The fourth-order valence-electron chi connectivity index (χ4n) is 2.78. The molecule has 4 nitrogen and oxygen atoms in total. The molecule has 92 valence electrons. The normalized spacial score (nSPS) is 30.0. The van der Waals surface area contributed by atoms with E-state index in [9.17, 15) is 5.11 Å². The second-order valence-corrected chi connectivity index (χ2v) is 5.19. The Morgan fingerprint density at radius 1 is 1.35 bits per heavy atom. The molecule has 0 saturated carbocycles. The zero-order valence-electron chi connectivity index (χ0n) is 9.78. The molecule has 17 heavy (non-hydrogen) atoms. The summed E-state index contributed by atoms with van der Waals surface area (Å²) < 4.78 is 5.78. The fraction of sp³-hybridized carbons (Fsp3) is 0.538. The van der Waals surface area contributed by atoms with Gasteiger partial charge in [0, 0.05) is 19.6 Å². The number of hydrogen-bond donors (Lipinski definition) is 3. The fourth-order valence-corrected chi connectivity index (χ4v) is 2.78. The molecule has 2 aliphatic heterocycles. The van der Waals surface area contributed by atoms with Crippen LogP contribution < -0.4 is 15.8 Å². The standard InChI is InChI=1S/C13H18N2O2/c14-6-12(13(16)7-15-8-13)5-10-3-1-2-4-11(10)17-9-12/h1-4,15-16H,5-9,14H2. The lowest BCUT2D eigenvalue weighted by atomic mass is 9.64. The quantitative estimate of drug-likeness (QED) is 0.668. The van der Waals surface area contributed by atoms with E-state index in [4.69, 9.17) is 10.5 Å².